The van der Waals surface area contributed by atoms with Crippen LogP contribution in [0.5, 0.6) is 0 Å². The maximum Gasteiger partial charge on any atom is 0.335 e. The lowest BCUT2D eigenvalue weighted by Gasteiger charge is -2.07. The van der Waals surface area contributed by atoms with Gasteiger partial charge in [-0.2, -0.15) is 0 Å². The number of benzene rings is 1. The molecule has 0 bridgehead atoms. The van der Waals surface area contributed by atoms with Gasteiger partial charge in [0.2, 0.25) is 0 Å². The van der Waals surface area contributed by atoms with Gasteiger partial charge in [0, 0.05) is 6.54 Å². The Bertz CT molecular complexity index is 470. The lowest BCUT2D eigenvalue weighted by atomic mass is 10.1. The van der Waals surface area contributed by atoms with Crippen molar-refractivity contribution in [3.63, 3.8) is 0 Å². The Hall–Kier alpha value is -2.57. The smallest absolute Gasteiger partial charge is 0.335 e. The fraction of sp³-hybridized carbons (Fsp3) is 0.250. The zero-order chi connectivity index (χ0) is 14.3. The molecule has 0 aliphatic carbocycles. The molecule has 0 spiro atoms. The molecule has 0 unspecified atom stereocenters. The molecule has 1 rings (SSSR count). The number of urea groups is 1. The van der Waals surface area contributed by atoms with E-state index in [1.165, 1.54) is 19.2 Å². The number of methoxy groups -OCH3 is 1. The molecule has 2 amide bonds. The van der Waals surface area contributed by atoms with Crippen LogP contribution >= 0.6 is 0 Å². The van der Waals surface area contributed by atoms with Gasteiger partial charge < -0.3 is 20.5 Å². The van der Waals surface area contributed by atoms with Gasteiger partial charge in [-0.3, -0.25) is 4.79 Å². The Kier molecular flexibility index (Phi) is 5.34. The number of carbonyl (C=O) groups is 3. The summed E-state index contributed by atoms with van der Waals surface area (Å²) in [6.45, 7) is 0.0210. The largest absolute Gasteiger partial charge is 0.478 e. The van der Waals surface area contributed by atoms with E-state index in [0.717, 1.165) is 5.56 Å². The maximum atomic E-state index is 11.3. The minimum atomic E-state index is -1.00. The second kappa shape index (κ2) is 7.00. The molecular weight excluding hydrogens is 252 g/mol. The summed E-state index contributed by atoms with van der Waals surface area (Å²) in [5.74, 6) is -1.55. The number of carboxylic acids is 1. The van der Waals surface area contributed by atoms with Crippen LogP contribution in [-0.2, 0) is 16.1 Å². The molecule has 0 aliphatic rings. The van der Waals surface area contributed by atoms with Crippen LogP contribution in [0.25, 0.3) is 0 Å². The van der Waals surface area contributed by atoms with E-state index in [1.807, 2.05) is 0 Å². The molecule has 7 heteroatoms. The fourth-order valence-electron chi connectivity index (χ4n) is 1.23. The average Bonchev–Trinajstić information content (AvgIpc) is 2.42. The van der Waals surface area contributed by atoms with E-state index in [1.54, 1.807) is 12.1 Å². The van der Waals surface area contributed by atoms with Gasteiger partial charge in [0.1, 0.15) is 6.54 Å². The Morgan fingerprint density at radius 3 is 2.32 bits per heavy atom. The SMILES string of the molecule is COC(=O)CNC(=O)NCc1ccc(C(=O)O)cc1. The van der Waals surface area contributed by atoms with Gasteiger partial charge in [0.05, 0.1) is 12.7 Å². The first-order valence-electron chi connectivity index (χ1n) is 5.43. The number of nitrogens with one attached hydrogen (secondary N) is 2. The molecule has 19 heavy (non-hydrogen) atoms. The third-order valence-corrected chi connectivity index (χ3v) is 2.27. The van der Waals surface area contributed by atoms with Gasteiger partial charge in [-0.25, -0.2) is 9.59 Å². The summed E-state index contributed by atoms with van der Waals surface area (Å²) in [4.78, 5) is 32.7. The van der Waals surface area contributed by atoms with Crippen molar-refractivity contribution in [1.82, 2.24) is 10.6 Å². The van der Waals surface area contributed by atoms with Gasteiger partial charge in [-0.15, -0.1) is 0 Å². The van der Waals surface area contributed by atoms with Crippen LogP contribution in [0.15, 0.2) is 24.3 Å². The third kappa shape index (κ3) is 5.07. The molecular formula is C12H14N2O5. The second-order valence-corrected chi connectivity index (χ2v) is 3.61. The van der Waals surface area contributed by atoms with E-state index < -0.39 is 18.0 Å². The van der Waals surface area contributed by atoms with Crippen molar-refractivity contribution in [2.45, 2.75) is 6.54 Å². The van der Waals surface area contributed by atoms with Crippen LogP contribution < -0.4 is 10.6 Å². The molecule has 0 aliphatic heterocycles. The van der Waals surface area contributed by atoms with Crippen molar-refractivity contribution in [3.8, 4) is 0 Å². The van der Waals surface area contributed by atoms with Crippen molar-refractivity contribution in [1.29, 1.82) is 0 Å². The highest BCUT2D eigenvalue weighted by Crippen LogP contribution is 2.03. The van der Waals surface area contributed by atoms with E-state index >= 15 is 0 Å². The van der Waals surface area contributed by atoms with E-state index in [4.69, 9.17) is 5.11 Å². The highest BCUT2D eigenvalue weighted by molar-refractivity contribution is 5.87. The van der Waals surface area contributed by atoms with Crippen LogP contribution in [-0.4, -0.2) is 36.7 Å². The van der Waals surface area contributed by atoms with E-state index in [-0.39, 0.29) is 18.7 Å². The van der Waals surface area contributed by atoms with Crippen LogP contribution in [0.1, 0.15) is 15.9 Å². The normalized spacial score (nSPS) is 9.53. The van der Waals surface area contributed by atoms with E-state index in [2.05, 4.69) is 15.4 Å². The second-order valence-electron chi connectivity index (χ2n) is 3.61. The molecule has 102 valence electrons. The molecule has 0 heterocycles. The number of ether oxygens (including phenoxy) is 1. The Balaban J connectivity index is 2.37. The summed E-state index contributed by atoms with van der Waals surface area (Å²) >= 11 is 0. The predicted molar refractivity (Wildman–Crippen MR) is 65.7 cm³/mol. The predicted octanol–water partition coefficient (Wildman–Crippen LogP) is 0.357. The summed E-state index contributed by atoms with van der Waals surface area (Å²) < 4.78 is 4.36. The van der Waals surface area contributed by atoms with Crippen LogP contribution in [0.2, 0.25) is 0 Å². The summed E-state index contributed by atoms with van der Waals surface area (Å²) in [7, 11) is 1.23. The Labute approximate surface area is 109 Å². The molecule has 0 saturated heterocycles. The highest BCUT2D eigenvalue weighted by Gasteiger charge is 2.05. The standard InChI is InChI=1S/C12H14N2O5/c1-19-10(15)7-14-12(18)13-6-8-2-4-9(5-3-8)11(16)17/h2-5H,6-7H2,1H3,(H,16,17)(H2,13,14,18). The monoisotopic (exact) mass is 266 g/mol. The van der Waals surface area contributed by atoms with Gasteiger partial charge in [0.25, 0.3) is 0 Å². The number of aromatic carboxylic acids is 1. The first kappa shape index (κ1) is 14.5. The molecule has 0 fully saturated rings. The average molecular weight is 266 g/mol. The molecule has 3 N–H and O–H groups in total. The van der Waals surface area contributed by atoms with E-state index in [9.17, 15) is 14.4 Å². The number of hydrogen-bond donors (Lipinski definition) is 3. The summed E-state index contributed by atoms with van der Waals surface area (Å²) in [6.07, 6.45) is 0. The molecule has 0 radical (unpaired) electrons. The summed E-state index contributed by atoms with van der Waals surface area (Å²) in [5, 5.41) is 13.6. The molecule has 1 aromatic carbocycles. The molecule has 0 aromatic heterocycles. The molecule has 0 atom stereocenters. The summed E-state index contributed by atoms with van der Waals surface area (Å²) in [5.41, 5.74) is 0.928. The number of hydrogen-bond acceptors (Lipinski definition) is 4. The van der Waals surface area contributed by atoms with Crippen LogP contribution in [0, 0.1) is 0 Å². The third-order valence-electron chi connectivity index (χ3n) is 2.27. The molecule has 0 saturated carbocycles. The van der Waals surface area contributed by atoms with Crippen molar-refractivity contribution in [3.05, 3.63) is 35.4 Å². The van der Waals surface area contributed by atoms with Crippen molar-refractivity contribution >= 4 is 18.0 Å². The first-order chi connectivity index (χ1) is 9.02. The first-order valence-corrected chi connectivity index (χ1v) is 5.43. The number of carbonyl (C=O) groups excluding carboxylic acids is 2. The van der Waals surface area contributed by atoms with E-state index in [0.29, 0.717) is 0 Å². The van der Waals surface area contributed by atoms with Gasteiger partial charge >= 0.3 is 18.0 Å². The number of esters is 1. The lowest BCUT2D eigenvalue weighted by Crippen LogP contribution is -2.38. The Morgan fingerprint density at radius 2 is 1.79 bits per heavy atom. The zero-order valence-corrected chi connectivity index (χ0v) is 10.3. The fourth-order valence-corrected chi connectivity index (χ4v) is 1.23. The van der Waals surface area contributed by atoms with Crippen molar-refractivity contribution in [2.75, 3.05) is 13.7 Å². The molecule has 1 aromatic rings. The minimum absolute atomic E-state index is 0.180. The van der Waals surface area contributed by atoms with Gasteiger partial charge in [0.15, 0.2) is 0 Å². The highest BCUT2D eigenvalue weighted by atomic mass is 16.5. The van der Waals surface area contributed by atoms with Crippen molar-refractivity contribution < 1.29 is 24.2 Å². The number of rotatable bonds is 5. The maximum absolute atomic E-state index is 11.3. The van der Waals surface area contributed by atoms with Crippen molar-refractivity contribution in [2.24, 2.45) is 0 Å². The van der Waals surface area contributed by atoms with Crippen LogP contribution in [0.3, 0.4) is 0 Å². The number of amides is 2. The molecule has 7 nitrogen and oxygen atoms in total. The summed E-state index contributed by atoms with van der Waals surface area (Å²) in [6, 6.07) is 5.60. The number of carboxylic acid groups (broad SMARTS) is 1. The minimum Gasteiger partial charge on any atom is -0.478 e. The topological polar surface area (TPSA) is 105 Å². The van der Waals surface area contributed by atoms with Gasteiger partial charge in [-0.1, -0.05) is 12.1 Å². The Morgan fingerprint density at radius 1 is 1.16 bits per heavy atom. The van der Waals surface area contributed by atoms with Gasteiger partial charge in [-0.05, 0) is 17.7 Å². The zero-order valence-electron chi connectivity index (χ0n) is 10.3. The van der Waals surface area contributed by atoms with Crippen LogP contribution in [0.4, 0.5) is 4.79 Å². The quantitative estimate of drug-likeness (QED) is 0.667. The lowest BCUT2D eigenvalue weighted by molar-refractivity contribution is -0.139.